The summed E-state index contributed by atoms with van der Waals surface area (Å²) in [6.45, 7) is 11.2. The molecule has 2 atom stereocenters. The number of guanidine groups is 1. The largest absolute Gasteiger partial charge is 0.361 e. The summed E-state index contributed by atoms with van der Waals surface area (Å²) in [4.78, 5) is 4.23. The Bertz CT molecular complexity index is 411. The van der Waals surface area contributed by atoms with Gasteiger partial charge in [-0.05, 0) is 27.2 Å². The molecule has 0 aliphatic heterocycles. The third-order valence-electron chi connectivity index (χ3n) is 3.38. The smallest absolute Gasteiger partial charge is 0.191 e. The van der Waals surface area contributed by atoms with E-state index in [0.29, 0.717) is 12.0 Å². The molecule has 0 saturated heterocycles. The van der Waals surface area contributed by atoms with E-state index in [9.17, 15) is 0 Å². The van der Waals surface area contributed by atoms with Crippen molar-refractivity contribution < 1.29 is 4.52 Å². The SMILES string of the molecule is CCC(C)NC(=NC)NCC(C)c1c(C)noc1C.I. The van der Waals surface area contributed by atoms with Crippen molar-refractivity contribution in [2.75, 3.05) is 13.6 Å². The van der Waals surface area contributed by atoms with E-state index in [1.54, 1.807) is 7.05 Å². The molecule has 0 fully saturated rings. The number of hydrogen-bond donors (Lipinski definition) is 2. The molecule has 1 rings (SSSR count). The van der Waals surface area contributed by atoms with E-state index in [1.165, 1.54) is 5.56 Å². The summed E-state index contributed by atoms with van der Waals surface area (Å²) in [6, 6.07) is 0.417. The zero-order valence-electron chi connectivity index (χ0n) is 13.3. The van der Waals surface area contributed by atoms with Gasteiger partial charge in [0.2, 0.25) is 0 Å². The molecule has 116 valence electrons. The summed E-state index contributed by atoms with van der Waals surface area (Å²) in [5, 5.41) is 10.7. The van der Waals surface area contributed by atoms with Gasteiger partial charge in [0.25, 0.3) is 0 Å². The first kappa shape index (κ1) is 19.2. The molecule has 1 aromatic heterocycles. The minimum atomic E-state index is 0. The van der Waals surface area contributed by atoms with Gasteiger partial charge in [-0.15, -0.1) is 24.0 Å². The first-order valence-corrected chi connectivity index (χ1v) is 6.89. The summed E-state index contributed by atoms with van der Waals surface area (Å²) < 4.78 is 5.21. The van der Waals surface area contributed by atoms with Crippen LogP contribution in [0.15, 0.2) is 9.52 Å². The standard InChI is InChI=1S/C14H26N4O.HI/c1-7-10(3)17-14(15-6)16-8-9(2)13-11(4)18-19-12(13)5;/h9-10H,7-8H2,1-6H3,(H2,15,16,17);1H. The fraction of sp³-hybridized carbons (Fsp3) is 0.714. The van der Waals surface area contributed by atoms with Crippen molar-refractivity contribution in [3.8, 4) is 0 Å². The van der Waals surface area contributed by atoms with E-state index in [-0.39, 0.29) is 24.0 Å². The Morgan fingerprint density at radius 3 is 2.45 bits per heavy atom. The van der Waals surface area contributed by atoms with Crippen molar-refractivity contribution in [2.24, 2.45) is 4.99 Å². The average molecular weight is 394 g/mol. The van der Waals surface area contributed by atoms with Gasteiger partial charge in [0.15, 0.2) is 5.96 Å². The van der Waals surface area contributed by atoms with Crippen molar-refractivity contribution in [1.82, 2.24) is 15.8 Å². The third kappa shape index (κ3) is 5.30. The highest BCUT2D eigenvalue weighted by molar-refractivity contribution is 14.0. The van der Waals surface area contributed by atoms with Crippen LogP contribution in [0.25, 0.3) is 0 Å². The molecule has 0 aliphatic rings. The second-order valence-electron chi connectivity index (χ2n) is 5.05. The molecule has 2 unspecified atom stereocenters. The van der Waals surface area contributed by atoms with E-state index in [0.717, 1.165) is 30.4 Å². The van der Waals surface area contributed by atoms with E-state index in [4.69, 9.17) is 4.52 Å². The molecule has 6 heteroatoms. The fourth-order valence-corrected chi connectivity index (χ4v) is 2.08. The lowest BCUT2D eigenvalue weighted by Crippen LogP contribution is -2.43. The minimum absolute atomic E-state index is 0. The second-order valence-corrected chi connectivity index (χ2v) is 5.05. The van der Waals surface area contributed by atoms with Crippen LogP contribution in [0.4, 0.5) is 0 Å². The number of hydrogen-bond acceptors (Lipinski definition) is 3. The van der Waals surface area contributed by atoms with Crippen molar-refractivity contribution in [3.63, 3.8) is 0 Å². The normalized spacial score (nSPS) is 14.4. The molecule has 0 saturated carbocycles. The van der Waals surface area contributed by atoms with Crippen molar-refractivity contribution in [1.29, 1.82) is 0 Å². The van der Waals surface area contributed by atoms with Crippen LogP contribution >= 0.6 is 24.0 Å². The Kier molecular flexibility index (Phi) is 8.84. The second kappa shape index (κ2) is 9.20. The predicted molar refractivity (Wildman–Crippen MR) is 94.1 cm³/mol. The lowest BCUT2D eigenvalue weighted by Gasteiger charge is -2.19. The van der Waals surface area contributed by atoms with Gasteiger partial charge in [-0.25, -0.2) is 0 Å². The lowest BCUT2D eigenvalue weighted by atomic mass is 10.00. The van der Waals surface area contributed by atoms with Crippen molar-refractivity contribution in [3.05, 3.63) is 17.0 Å². The van der Waals surface area contributed by atoms with Gasteiger partial charge >= 0.3 is 0 Å². The minimum Gasteiger partial charge on any atom is -0.361 e. The van der Waals surface area contributed by atoms with Gasteiger partial charge in [-0.1, -0.05) is 19.0 Å². The summed E-state index contributed by atoms with van der Waals surface area (Å²) in [7, 11) is 1.79. The molecule has 2 N–H and O–H groups in total. The van der Waals surface area contributed by atoms with Crippen LogP contribution in [0, 0.1) is 13.8 Å². The van der Waals surface area contributed by atoms with Gasteiger partial charge in [0, 0.05) is 31.1 Å². The van der Waals surface area contributed by atoms with Gasteiger partial charge in [0.05, 0.1) is 5.69 Å². The summed E-state index contributed by atoms with van der Waals surface area (Å²) >= 11 is 0. The van der Waals surface area contributed by atoms with E-state index in [2.05, 4.69) is 41.6 Å². The van der Waals surface area contributed by atoms with Gasteiger partial charge < -0.3 is 15.2 Å². The monoisotopic (exact) mass is 394 g/mol. The highest BCUT2D eigenvalue weighted by Gasteiger charge is 2.16. The van der Waals surface area contributed by atoms with Crippen LogP contribution in [0.1, 0.15) is 50.1 Å². The Morgan fingerprint density at radius 2 is 2.00 bits per heavy atom. The van der Waals surface area contributed by atoms with Crippen molar-refractivity contribution >= 4 is 29.9 Å². The van der Waals surface area contributed by atoms with Crippen LogP contribution in [0.2, 0.25) is 0 Å². The topological polar surface area (TPSA) is 62.5 Å². The zero-order valence-corrected chi connectivity index (χ0v) is 15.6. The Labute approximate surface area is 139 Å². The van der Waals surface area contributed by atoms with Crippen LogP contribution in [0.3, 0.4) is 0 Å². The molecule has 0 radical (unpaired) electrons. The zero-order chi connectivity index (χ0) is 14.4. The van der Waals surface area contributed by atoms with Crippen LogP contribution < -0.4 is 10.6 Å². The van der Waals surface area contributed by atoms with Crippen LogP contribution in [-0.2, 0) is 0 Å². The summed E-state index contributed by atoms with van der Waals surface area (Å²) in [5.41, 5.74) is 2.16. The number of rotatable bonds is 5. The maximum absolute atomic E-state index is 5.21. The first-order valence-electron chi connectivity index (χ1n) is 6.89. The third-order valence-corrected chi connectivity index (χ3v) is 3.38. The highest BCUT2D eigenvalue weighted by Crippen LogP contribution is 2.22. The van der Waals surface area contributed by atoms with E-state index in [1.807, 2.05) is 13.8 Å². The number of aryl methyl sites for hydroxylation is 2. The molecular formula is C14H27IN4O. The first-order chi connectivity index (χ1) is 8.99. The molecule has 0 aliphatic carbocycles. The molecule has 1 aromatic rings. The number of nitrogens with one attached hydrogen (secondary N) is 2. The summed E-state index contributed by atoms with van der Waals surface area (Å²) in [5.74, 6) is 2.08. The van der Waals surface area contributed by atoms with E-state index < -0.39 is 0 Å². The molecule has 0 aromatic carbocycles. The molecule has 0 amide bonds. The Hall–Kier alpha value is -0.790. The van der Waals surface area contributed by atoms with Gasteiger partial charge in [-0.3, -0.25) is 4.99 Å². The summed E-state index contributed by atoms with van der Waals surface area (Å²) in [6.07, 6.45) is 1.07. The highest BCUT2D eigenvalue weighted by atomic mass is 127. The number of aliphatic imine (C=N–C) groups is 1. The maximum Gasteiger partial charge on any atom is 0.191 e. The van der Waals surface area contributed by atoms with Gasteiger partial charge in [-0.2, -0.15) is 0 Å². The van der Waals surface area contributed by atoms with Gasteiger partial charge in [0.1, 0.15) is 5.76 Å². The molecule has 0 bridgehead atoms. The Balaban J connectivity index is 0.00000361. The molecule has 1 heterocycles. The molecule has 0 spiro atoms. The van der Waals surface area contributed by atoms with Crippen LogP contribution in [-0.4, -0.2) is 30.8 Å². The maximum atomic E-state index is 5.21. The average Bonchev–Trinajstić information content (AvgIpc) is 2.73. The molecule has 20 heavy (non-hydrogen) atoms. The lowest BCUT2D eigenvalue weighted by molar-refractivity contribution is 0.391. The Morgan fingerprint density at radius 1 is 1.35 bits per heavy atom. The van der Waals surface area contributed by atoms with Crippen LogP contribution in [0.5, 0.6) is 0 Å². The number of aromatic nitrogens is 1. The molecule has 5 nitrogen and oxygen atoms in total. The quantitative estimate of drug-likeness (QED) is 0.458. The number of halogens is 1. The van der Waals surface area contributed by atoms with E-state index >= 15 is 0 Å². The molecular weight excluding hydrogens is 367 g/mol. The fourth-order valence-electron chi connectivity index (χ4n) is 2.08. The number of nitrogens with zero attached hydrogens (tertiary/aromatic N) is 2. The van der Waals surface area contributed by atoms with Crippen molar-refractivity contribution in [2.45, 2.75) is 53.0 Å². The predicted octanol–water partition coefficient (Wildman–Crippen LogP) is 2.98.